The second-order valence-corrected chi connectivity index (χ2v) is 5.90. The molecule has 3 nitrogen and oxygen atoms in total. The summed E-state index contributed by atoms with van der Waals surface area (Å²) in [6.07, 6.45) is 2.84. The Kier molecular flexibility index (Phi) is 4.26. The molecule has 3 rings (SSSR count). The van der Waals surface area contributed by atoms with Crippen molar-refractivity contribution < 1.29 is 4.79 Å². The fourth-order valence-electron chi connectivity index (χ4n) is 2.58. The van der Waals surface area contributed by atoms with Gasteiger partial charge in [0.15, 0.2) is 5.11 Å². The Morgan fingerprint density at radius 3 is 2.48 bits per heavy atom. The van der Waals surface area contributed by atoms with E-state index in [-0.39, 0.29) is 5.91 Å². The quantitative estimate of drug-likeness (QED) is 0.689. The molecule has 2 aromatic carbocycles. The molecule has 0 spiro atoms. The lowest BCUT2D eigenvalue weighted by Crippen LogP contribution is -2.30. The van der Waals surface area contributed by atoms with E-state index in [1.54, 1.807) is 4.90 Å². The Bertz CT molecular complexity index is 793. The van der Waals surface area contributed by atoms with Crippen molar-refractivity contribution in [2.24, 2.45) is 0 Å². The zero-order chi connectivity index (χ0) is 16.4. The van der Waals surface area contributed by atoms with Gasteiger partial charge in [-0.25, -0.2) is 0 Å². The van der Waals surface area contributed by atoms with E-state index in [2.05, 4.69) is 24.4 Å². The molecule has 0 aliphatic carbocycles. The first-order valence-electron chi connectivity index (χ1n) is 7.62. The number of aryl methyl sites for hydroxylation is 2. The van der Waals surface area contributed by atoms with Crippen LogP contribution in [0.3, 0.4) is 0 Å². The van der Waals surface area contributed by atoms with Crippen LogP contribution in [0.5, 0.6) is 0 Å². The third-order valence-electron chi connectivity index (χ3n) is 3.93. The number of thiocarbonyl (C=S) groups is 1. The normalized spacial score (nSPS) is 16.1. The molecule has 1 N–H and O–H groups in total. The van der Waals surface area contributed by atoms with E-state index >= 15 is 0 Å². The summed E-state index contributed by atoms with van der Waals surface area (Å²) in [6, 6.07) is 15.9. The first-order chi connectivity index (χ1) is 11.1. The van der Waals surface area contributed by atoms with Gasteiger partial charge in [0.2, 0.25) is 0 Å². The lowest BCUT2D eigenvalue weighted by Gasteiger charge is -2.16. The van der Waals surface area contributed by atoms with Crippen molar-refractivity contribution in [3.63, 3.8) is 0 Å². The molecule has 1 aliphatic rings. The van der Waals surface area contributed by atoms with Gasteiger partial charge in [-0.05, 0) is 54.4 Å². The molecular formula is C19H18N2OS. The van der Waals surface area contributed by atoms with Crippen LogP contribution < -0.4 is 10.2 Å². The van der Waals surface area contributed by atoms with Crippen molar-refractivity contribution in [2.45, 2.75) is 20.3 Å². The van der Waals surface area contributed by atoms with E-state index in [0.29, 0.717) is 10.8 Å². The Morgan fingerprint density at radius 1 is 1.13 bits per heavy atom. The van der Waals surface area contributed by atoms with Crippen molar-refractivity contribution in [3.8, 4) is 0 Å². The van der Waals surface area contributed by atoms with E-state index in [4.69, 9.17) is 12.2 Å². The number of hydrogen-bond acceptors (Lipinski definition) is 2. The molecule has 1 saturated heterocycles. The van der Waals surface area contributed by atoms with Crippen molar-refractivity contribution in [1.29, 1.82) is 0 Å². The van der Waals surface area contributed by atoms with Crippen molar-refractivity contribution in [2.75, 3.05) is 4.90 Å². The van der Waals surface area contributed by atoms with Gasteiger partial charge in [-0.15, -0.1) is 0 Å². The SMILES string of the molecule is CCc1ccc(/C=C2\NC(=S)N(c3ccccc3C)C2=O)cc1. The number of amides is 1. The van der Waals surface area contributed by atoms with Crippen LogP contribution in [0.25, 0.3) is 6.08 Å². The minimum atomic E-state index is -0.121. The largest absolute Gasteiger partial charge is 0.327 e. The second-order valence-electron chi connectivity index (χ2n) is 5.51. The zero-order valence-electron chi connectivity index (χ0n) is 13.2. The minimum Gasteiger partial charge on any atom is -0.327 e. The van der Waals surface area contributed by atoms with Gasteiger partial charge in [0.1, 0.15) is 5.70 Å². The van der Waals surface area contributed by atoms with Gasteiger partial charge in [-0.1, -0.05) is 49.4 Å². The fourth-order valence-corrected chi connectivity index (χ4v) is 2.88. The lowest BCUT2D eigenvalue weighted by atomic mass is 10.1. The lowest BCUT2D eigenvalue weighted by molar-refractivity contribution is -0.113. The summed E-state index contributed by atoms with van der Waals surface area (Å²) >= 11 is 5.35. The summed E-state index contributed by atoms with van der Waals surface area (Å²) in [4.78, 5) is 14.3. The van der Waals surface area contributed by atoms with Crippen LogP contribution in [0.4, 0.5) is 5.69 Å². The predicted octanol–water partition coefficient (Wildman–Crippen LogP) is 3.82. The molecule has 0 radical (unpaired) electrons. The third kappa shape index (κ3) is 3.03. The highest BCUT2D eigenvalue weighted by atomic mass is 32.1. The van der Waals surface area contributed by atoms with Crippen LogP contribution in [-0.4, -0.2) is 11.0 Å². The second kappa shape index (κ2) is 6.34. The average Bonchev–Trinajstić information content (AvgIpc) is 2.83. The summed E-state index contributed by atoms with van der Waals surface area (Å²) in [5.41, 5.74) is 4.59. The summed E-state index contributed by atoms with van der Waals surface area (Å²) in [5, 5.41) is 3.44. The highest BCUT2D eigenvalue weighted by Crippen LogP contribution is 2.25. The number of rotatable bonds is 3. The van der Waals surface area contributed by atoms with Crippen molar-refractivity contribution >= 4 is 35.0 Å². The van der Waals surface area contributed by atoms with E-state index < -0.39 is 0 Å². The maximum atomic E-state index is 12.7. The minimum absolute atomic E-state index is 0.121. The first-order valence-corrected chi connectivity index (χ1v) is 8.02. The smallest absolute Gasteiger partial charge is 0.281 e. The molecule has 1 amide bonds. The molecule has 116 valence electrons. The molecule has 0 unspecified atom stereocenters. The molecule has 0 bridgehead atoms. The van der Waals surface area contributed by atoms with Gasteiger partial charge < -0.3 is 5.32 Å². The predicted molar refractivity (Wildman–Crippen MR) is 98.2 cm³/mol. The van der Waals surface area contributed by atoms with Gasteiger partial charge in [0.25, 0.3) is 5.91 Å². The Morgan fingerprint density at radius 2 is 1.83 bits per heavy atom. The molecule has 0 aromatic heterocycles. The number of carbonyl (C=O) groups is 1. The summed E-state index contributed by atoms with van der Waals surface area (Å²) in [5.74, 6) is -0.121. The molecule has 1 heterocycles. The van der Waals surface area contributed by atoms with Crippen LogP contribution in [0.15, 0.2) is 54.2 Å². The average molecular weight is 322 g/mol. The third-order valence-corrected chi connectivity index (χ3v) is 4.22. The molecule has 0 saturated carbocycles. The number of para-hydroxylation sites is 1. The van der Waals surface area contributed by atoms with Crippen LogP contribution in [-0.2, 0) is 11.2 Å². The molecule has 2 aromatic rings. The summed E-state index contributed by atoms with van der Waals surface area (Å²) in [7, 11) is 0. The summed E-state index contributed by atoms with van der Waals surface area (Å²) < 4.78 is 0. The van der Waals surface area contributed by atoms with Crippen LogP contribution in [0.2, 0.25) is 0 Å². The van der Waals surface area contributed by atoms with Crippen LogP contribution in [0.1, 0.15) is 23.6 Å². The monoisotopic (exact) mass is 322 g/mol. The zero-order valence-corrected chi connectivity index (χ0v) is 14.0. The van der Waals surface area contributed by atoms with Gasteiger partial charge in [-0.2, -0.15) is 0 Å². The number of benzene rings is 2. The molecule has 1 fully saturated rings. The standard InChI is InChI=1S/C19H18N2OS/c1-3-14-8-10-15(11-9-14)12-16-18(22)21(19(23)20-16)17-7-5-4-6-13(17)2/h4-12H,3H2,1-2H3,(H,20,23)/b16-12-. The van der Waals surface area contributed by atoms with Crippen molar-refractivity contribution in [1.82, 2.24) is 5.32 Å². The van der Waals surface area contributed by atoms with E-state index in [9.17, 15) is 4.79 Å². The molecule has 4 heteroatoms. The number of anilines is 1. The number of nitrogens with zero attached hydrogens (tertiary/aromatic N) is 1. The number of carbonyl (C=O) groups excluding carboxylic acids is 1. The fraction of sp³-hybridized carbons (Fsp3) is 0.158. The van der Waals surface area contributed by atoms with E-state index in [0.717, 1.165) is 23.2 Å². The van der Waals surface area contributed by atoms with Crippen LogP contribution >= 0.6 is 12.2 Å². The Balaban J connectivity index is 1.91. The maximum absolute atomic E-state index is 12.7. The van der Waals surface area contributed by atoms with Gasteiger partial charge in [0, 0.05) is 0 Å². The molecule has 23 heavy (non-hydrogen) atoms. The van der Waals surface area contributed by atoms with Crippen molar-refractivity contribution in [3.05, 3.63) is 70.9 Å². The molecule has 0 atom stereocenters. The number of nitrogens with one attached hydrogen (secondary N) is 1. The van der Waals surface area contributed by atoms with E-state index in [1.165, 1.54) is 5.56 Å². The van der Waals surface area contributed by atoms with Crippen LogP contribution in [0, 0.1) is 6.92 Å². The van der Waals surface area contributed by atoms with Gasteiger partial charge in [0.05, 0.1) is 5.69 Å². The topological polar surface area (TPSA) is 32.3 Å². The van der Waals surface area contributed by atoms with Gasteiger partial charge >= 0.3 is 0 Å². The highest BCUT2D eigenvalue weighted by molar-refractivity contribution is 7.80. The molecular weight excluding hydrogens is 304 g/mol. The maximum Gasteiger partial charge on any atom is 0.281 e. The Labute approximate surface area is 141 Å². The highest BCUT2D eigenvalue weighted by Gasteiger charge is 2.32. The Hall–Kier alpha value is -2.46. The summed E-state index contributed by atoms with van der Waals surface area (Å²) in [6.45, 7) is 4.09. The first kappa shape index (κ1) is 15.4. The number of hydrogen-bond donors (Lipinski definition) is 1. The molecule has 1 aliphatic heterocycles. The van der Waals surface area contributed by atoms with Gasteiger partial charge in [-0.3, -0.25) is 9.69 Å². The van der Waals surface area contributed by atoms with E-state index in [1.807, 2.05) is 49.4 Å².